The molecule has 4 aromatic rings. The number of para-hydroxylation sites is 1. The Morgan fingerprint density at radius 3 is 2.50 bits per heavy atom. The first-order valence-corrected chi connectivity index (χ1v) is 9.26. The number of anilines is 1. The molecule has 0 aliphatic rings. The zero-order chi connectivity index (χ0) is 19.7. The van der Waals surface area contributed by atoms with Gasteiger partial charge in [-0.25, -0.2) is 4.98 Å². The highest BCUT2D eigenvalue weighted by atomic mass is 32.1. The third-order valence-corrected chi connectivity index (χ3v) is 5.14. The molecule has 2 aromatic heterocycles. The molecule has 0 bridgehead atoms. The predicted molar refractivity (Wildman–Crippen MR) is 108 cm³/mol. The van der Waals surface area contributed by atoms with Gasteiger partial charge in [-0.05, 0) is 12.1 Å². The molecule has 7 heteroatoms. The zero-order valence-electron chi connectivity index (χ0n) is 14.8. The van der Waals surface area contributed by atoms with Gasteiger partial charge in [0.25, 0.3) is 5.91 Å². The van der Waals surface area contributed by atoms with Gasteiger partial charge in [-0.2, -0.15) is 0 Å². The largest absolute Gasteiger partial charge is 0.451 e. The van der Waals surface area contributed by atoms with E-state index in [1.807, 2.05) is 30.3 Å². The molecule has 6 nitrogen and oxygen atoms in total. The van der Waals surface area contributed by atoms with Crippen molar-refractivity contribution in [2.45, 2.75) is 6.92 Å². The number of nitrogens with one attached hydrogen (secondary N) is 1. The van der Waals surface area contributed by atoms with Crippen LogP contribution in [0.15, 0.2) is 69.9 Å². The number of thiazole rings is 1. The summed E-state index contributed by atoms with van der Waals surface area (Å²) in [5.74, 6) is -0.870. The Hall–Kier alpha value is -3.58. The molecular weight excluding hydrogens is 376 g/mol. The van der Waals surface area contributed by atoms with Crippen molar-refractivity contribution in [1.29, 1.82) is 0 Å². The van der Waals surface area contributed by atoms with Crippen LogP contribution in [0.3, 0.4) is 0 Å². The average molecular weight is 390 g/mol. The molecule has 1 amide bonds. The maximum absolute atomic E-state index is 12.6. The number of carbonyl (C=O) groups excluding carboxylic acids is 2. The minimum absolute atomic E-state index is 0.121. The van der Waals surface area contributed by atoms with Gasteiger partial charge in [0.05, 0.1) is 16.0 Å². The fraction of sp³-hybridized carbons (Fsp3) is 0.0476. The van der Waals surface area contributed by atoms with Crippen molar-refractivity contribution in [1.82, 2.24) is 4.98 Å². The minimum atomic E-state index is -0.605. The SMILES string of the molecule is CC(=O)c1sc(NC(=O)c2cc(=O)c3ccccc3o2)nc1-c1ccccc1. The third-order valence-electron chi connectivity index (χ3n) is 4.07. The number of ketones is 1. The van der Waals surface area contributed by atoms with Crippen LogP contribution in [0.25, 0.3) is 22.2 Å². The maximum Gasteiger partial charge on any atom is 0.293 e. The maximum atomic E-state index is 12.6. The van der Waals surface area contributed by atoms with Crippen molar-refractivity contribution in [3.05, 3.63) is 81.5 Å². The first kappa shape index (κ1) is 17.8. The van der Waals surface area contributed by atoms with Crippen LogP contribution in [0.1, 0.15) is 27.2 Å². The molecule has 0 saturated heterocycles. The molecular formula is C21H14N2O4S. The fourth-order valence-electron chi connectivity index (χ4n) is 2.78. The van der Waals surface area contributed by atoms with E-state index >= 15 is 0 Å². The van der Waals surface area contributed by atoms with Gasteiger partial charge in [0.1, 0.15) is 5.58 Å². The standard InChI is InChI=1S/C21H14N2O4S/c1-12(24)19-18(13-7-3-2-4-8-13)22-21(28-19)23-20(26)17-11-15(25)14-9-5-6-10-16(14)27-17/h2-11H,1H3,(H,22,23,26). The molecule has 0 atom stereocenters. The van der Waals surface area contributed by atoms with E-state index in [4.69, 9.17) is 4.42 Å². The molecule has 0 fully saturated rings. The predicted octanol–water partition coefficient (Wildman–Crippen LogP) is 4.37. The monoisotopic (exact) mass is 390 g/mol. The smallest absolute Gasteiger partial charge is 0.293 e. The van der Waals surface area contributed by atoms with Crippen LogP contribution in [0.4, 0.5) is 5.13 Å². The number of carbonyl (C=O) groups is 2. The van der Waals surface area contributed by atoms with E-state index in [2.05, 4.69) is 10.3 Å². The number of rotatable bonds is 4. The molecule has 2 heterocycles. The van der Waals surface area contributed by atoms with Crippen LogP contribution >= 0.6 is 11.3 Å². The Morgan fingerprint density at radius 1 is 1.04 bits per heavy atom. The molecule has 1 N–H and O–H groups in total. The van der Waals surface area contributed by atoms with E-state index < -0.39 is 5.91 Å². The van der Waals surface area contributed by atoms with E-state index in [1.54, 1.807) is 24.3 Å². The summed E-state index contributed by atoms with van der Waals surface area (Å²) in [6.07, 6.45) is 0. The Morgan fingerprint density at radius 2 is 1.75 bits per heavy atom. The second kappa shape index (κ2) is 7.21. The van der Waals surface area contributed by atoms with Crippen molar-refractivity contribution in [2.24, 2.45) is 0 Å². The van der Waals surface area contributed by atoms with Crippen LogP contribution in [0, 0.1) is 0 Å². The first-order chi connectivity index (χ1) is 13.5. The topological polar surface area (TPSA) is 89.3 Å². The van der Waals surface area contributed by atoms with Crippen LogP contribution < -0.4 is 10.7 Å². The summed E-state index contributed by atoms with van der Waals surface area (Å²) in [5, 5.41) is 3.28. The molecule has 0 saturated carbocycles. The number of nitrogens with zero attached hydrogens (tertiary/aromatic N) is 1. The highest BCUT2D eigenvalue weighted by Crippen LogP contribution is 2.31. The van der Waals surface area contributed by atoms with Gasteiger partial charge in [0.2, 0.25) is 0 Å². The van der Waals surface area contributed by atoms with Crippen molar-refractivity contribution in [3.63, 3.8) is 0 Å². The minimum Gasteiger partial charge on any atom is -0.451 e. The van der Waals surface area contributed by atoms with E-state index in [9.17, 15) is 14.4 Å². The summed E-state index contributed by atoms with van der Waals surface area (Å²) < 4.78 is 5.54. The van der Waals surface area contributed by atoms with E-state index in [0.717, 1.165) is 23.0 Å². The molecule has 28 heavy (non-hydrogen) atoms. The quantitative estimate of drug-likeness (QED) is 0.523. The van der Waals surface area contributed by atoms with Gasteiger partial charge in [-0.15, -0.1) is 0 Å². The number of amides is 1. The van der Waals surface area contributed by atoms with Gasteiger partial charge < -0.3 is 4.42 Å². The van der Waals surface area contributed by atoms with Crippen molar-refractivity contribution < 1.29 is 14.0 Å². The number of fused-ring (bicyclic) bond motifs is 1. The van der Waals surface area contributed by atoms with E-state index in [0.29, 0.717) is 21.5 Å². The summed E-state index contributed by atoms with van der Waals surface area (Å²) in [5.41, 5.74) is 1.31. The summed E-state index contributed by atoms with van der Waals surface area (Å²) in [4.78, 5) is 41.6. The molecule has 138 valence electrons. The van der Waals surface area contributed by atoms with Crippen LogP contribution in [-0.4, -0.2) is 16.7 Å². The van der Waals surface area contributed by atoms with Crippen molar-refractivity contribution in [3.8, 4) is 11.3 Å². The fourth-order valence-corrected chi connectivity index (χ4v) is 3.66. The highest BCUT2D eigenvalue weighted by molar-refractivity contribution is 7.18. The lowest BCUT2D eigenvalue weighted by molar-refractivity contribution is 0.0994. The summed E-state index contributed by atoms with van der Waals surface area (Å²) in [7, 11) is 0. The normalized spacial score (nSPS) is 10.8. The number of hydrogen-bond acceptors (Lipinski definition) is 6. The molecule has 0 aliphatic carbocycles. The van der Waals surface area contributed by atoms with Crippen LogP contribution in [0.2, 0.25) is 0 Å². The summed E-state index contributed by atoms with van der Waals surface area (Å²) in [6.45, 7) is 1.45. The molecule has 0 unspecified atom stereocenters. The van der Waals surface area contributed by atoms with Crippen LogP contribution in [0.5, 0.6) is 0 Å². The lowest BCUT2D eigenvalue weighted by Crippen LogP contribution is -2.14. The van der Waals surface area contributed by atoms with Crippen LogP contribution in [-0.2, 0) is 0 Å². The Labute approximate surface area is 163 Å². The van der Waals surface area contributed by atoms with Gasteiger partial charge in [0, 0.05) is 18.6 Å². The molecule has 4 rings (SSSR count). The lowest BCUT2D eigenvalue weighted by atomic mass is 10.1. The Bertz CT molecular complexity index is 1260. The number of Topliss-reactive ketones (excluding diaryl/α,β-unsaturated/α-hetero) is 1. The number of hydrogen-bond donors (Lipinski definition) is 1. The lowest BCUT2D eigenvalue weighted by Gasteiger charge is -2.02. The summed E-state index contributed by atoms with van der Waals surface area (Å²) >= 11 is 1.08. The third kappa shape index (κ3) is 3.35. The van der Waals surface area contributed by atoms with E-state index in [1.165, 1.54) is 6.92 Å². The zero-order valence-corrected chi connectivity index (χ0v) is 15.6. The summed E-state index contributed by atoms with van der Waals surface area (Å²) in [6, 6.07) is 17.1. The van der Waals surface area contributed by atoms with Gasteiger partial charge >= 0.3 is 0 Å². The van der Waals surface area contributed by atoms with Gasteiger partial charge in [-0.3, -0.25) is 19.7 Å². The molecule has 0 radical (unpaired) electrons. The average Bonchev–Trinajstić information content (AvgIpc) is 3.13. The van der Waals surface area contributed by atoms with E-state index in [-0.39, 0.29) is 22.1 Å². The van der Waals surface area contributed by atoms with Gasteiger partial charge in [-0.1, -0.05) is 53.8 Å². The second-order valence-electron chi connectivity index (χ2n) is 6.04. The van der Waals surface area contributed by atoms with Crippen molar-refractivity contribution in [2.75, 3.05) is 5.32 Å². The Kier molecular flexibility index (Phi) is 4.58. The number of aromatic nitrogens is 1. The second-order valence-corrected chi connectivity index (χ2v) is 7.04. The molecule has 0 aliphatic heterocycles. The molecule has 0 spiro atoms. The molecule has 2 aromatic carbocycles. The van der Waals surface area contributed by atoms with Crippen molar-refractivity contribution >= 4 is 39.1 Å². The number of benzene rings is 2. The Balaban J connectivity index is 1.69. The first-order valence-electron chi connectivity index (χ1n) is 8.44. The highest BCUT2D eigenvalue weighted by Gasteiger charge is 2.19. The van der Waals surface area contributed by atoms with Gasteiger partial charge in [0.15, 0.2) is 22.1 Å².